The minimum Gasteiger partial charge on any atom is -0.486 e. The van der Waals surface area contributed by atoms with E-state index in [1.807, 2.05) is 58.3 Å². The van der Waals surface area contributed by atoms with E-state index in [1.54, 1.807) is 0 Å². The molecule has 1 saturated heterocycles. The number of nitrogens with zero attached hydrogens (tertiary/aromatic N) is 2. The standard InChI is InChI=1S/C25H28N2O4/c28-23(19-6-2-1-3-7-19)26-12-14-27(15-13-26)24(29)25(10-4-5-11-25)20-8-9-21-22(18-20)31-17-16-30-21/h1-3,6-9,18H,4-5,10-17H2. The molecule has 2 aliphatic heterocycles. The quantitative estimate of drug-likeness (QED) is 0.765. The van der Waals surface area contributed by atoms with Crippen molar-refractivity contribution >= 4 is 11.8 Å². The predicted octanol–water partition coefficient (Wildman–Crippen LogP) is 3.25. The van der Waals surface area contributed by atoms with Crippen LogP contribution >= 0.6 is 0 Å². The van der Waals surface area contributed by atoms with E-state index in [4.69, 9.17) is 9.47 Å². The maximum atomic E-state index is 13.8. The van der Waals surface area contributed by atoms with E-state index < -0.39 is 5.41 Å². The molecular formula is C25H28N2O4. The number of hydrogen-bond acceptors (Lipinski definition) is 4. The molecule has 2 amide bonds. The monoisotopic (exact) mass is 420 g/mol. The molecule has 6 nitrogen and oxygen atoms in total. The second-order valence-electron chi connectivity index (χ2n) is 8.60. The second-order valence-corrected chi connectivity index (χ2v) is 8.60. The molecule has 3 aliphatic rings. The molecule has 0 aromatic heterocycles. The Labute approximate surface area is 182 Å². The number of hydrogen-bond donors (Lipinski definition) is 0. The molecule has 0 atom stereocenters. The van der Waals surface area contributed by atoms with E-state index in [2.05, 4.69) is 0 Å². The minimum atomic E-state index is -0.499. The first-order chi connectivity index (χ1) is 15.2. The Bertz CT molecular complexity index is 961. The Balaban J connectivity index is 1.32. The van der Waals surface area contributed by atoms with Crippen LogP contribution in [0, 0.1) is 0 Å². The molecule has 0 unspecified atom stereocenters. The van der Waals surface area contributed by atoms with Crippen LogP contribution in [-0.2, 0) is 10.2 Å². The van der Waals surface area contributed by atoms with Gasteiger partial charge in [-0.25, -0.2) is 0 Å². The van der Waals surface area contributed by atoms with Crippen LogP contribution in [0.2, 0.25) is 0 Å². The summed E-state index contributed by atoms with van der Waals surface area (Å²) in [6.07, 6.45) is 3.81. The van der Waals surface area contributed by atoms with Gasteiger partial charge in [0.1, 0.15) is 13.2 Å². The van der Waals surface area contributed by atoms with Gasteiger partial charge in [-0.1, -0.05) is 37.1 Å². The fraction of sp³-hybridized carbons (Fsp3) is 0.440. The molecule has 2 aromatic carbocycles. The van der Waals surface area contributed by atoms with Crippen LogP contribution in [-0.4, -0.2) is 61.0 Å². The third-order valence-corrected chi connectivity index (χ3v) is 6.84. The fourth-order valence-corrected chi connectivity index (χ4v) is 5.12. The summed E-state index contributed by atoms with van der Waals surface area (Å²) in [4.78, 5) is 30.3. The first-order valence-electron chi connectivity index (χ1n) is 11.2. The van der Waals surface area contributed by atoms with Crippen LogP contribution in [0.4, 0.5) is 0 Å². The van der Waals surface area contributed by atoms with Crippen molar-refractivity contribution in [1.29, 1.82) is 0 Å². The van der Waals surface area contributed by atoms with Gasteiger partial charge in [0.05, 0.1) is 5.41 Å². The summed E-state index contributed by atoms with van der Waals surface area (Å²) in [5.74, 6) is 1.72. The normalized spacial score (nSPS) is 19.9. The van der Waals surface area contributed by atoms with Crippen molar-refractivity contribution in [1.82, 2.24) is 9.80 Å². The zero-order chi connectivity index (χ0) is 21.3. The smallest absolute Gasteiger partial charge is 0.253 e. The third kappa shape index (κ3) is 3.64. The summed E-state index contributed by atoms with van der Waals surface area (Å²) in [5.41, 5.74) is 1.23. The molecular weight excluding hydrogens is 392 g/mol. The maximum Gasteiger partial charge on any atom is 0.253 e. The number of carbonyl (C=O) groups excluding carboxylic acids is 2. The van der Waals surface area contributed by atoms with Gasteiger partial charge < -0.3 is 19.3 Å². The first kappa shape index (κ1) is 19.9. The highest BCUT2D eigenvalue weighted by atomic mass is 16.6. The third-order valence-electron chi connectivity index (χ3n) is 6.84. The largest absolute Gasteiger partial charge is 0.486 e. The number of amides is 2. The Kier molecular flexibility index (Phi) is 5.30. The summed E-state index contributed by atoms with van der Waals surface area (Å²) < 4.78 is 11.4. The molecule has 31 heavy (non-hydrogen) atoms. The summed E-state index contributed by atoms with van der Waals surface area (Å²) in [6.45, 7) is 3.37. The average Bonchev–Trinajstić information content (AvgIpc) is 3.35. The Morgan fingerprint density at radius 1 is 0.774 bits per heavy atom. The number of carbonyl (C=O) groups is 2. The van der Waals surface area contributed by atoms with E-state index in [-0.39, 0.29) is 11.8 Å². The van der Waals surface area contributed by atoms with Crippen LogP contribution in [0.25, 0.3) is 0 Å². The fourth-order valence-electron chi connectivity index (χ4n) is 5.12. The molecule has 0 N–H and O–H groups in total. The lowest BCUT2D eigenvalue weighted by Gasteiger charge is -2.40. The van der Waals surface area contributed by atoms with Crippen molar-refractivity contribution < 1.29 is 19.1 Å². The zero-order valence-corrected chi connectivity index (χ0v) is 17.7. The van der Waals surface area contributed by atoms with Gasteiger partial charge in [-0.15, -0.1) is 0 Å². The highest BCUT2D eigenvalue weighted by Gasteiger charge is 2.46. The van der Waals surface area contributed by atoms with E-state index >= 15 is 0 Å². The van der Waals surface area contributed by atoms with Crippen molar-refractivity contribution in [3.63, 3.8) is 0 Å². The molecule has 1 saturated carbocycles. The lowest BCUT2D eigenvalue weighted by Crippen LogP contribution is -2.55. The van der Waals surface area contributed by atoms with Crippen LogP contribution in [0.5, 0.6) is 11.5 Å². The molecule has 6 heteroatoms. The lowest BCUT2D eigenvalue weighted by molar-refractivity contribution is -0.138. The van der Waals surface area contributed by atoms with Crippen molar-refractivity contribution in [2.24, 2.45) is 0 Å². The Hall–Kier alpha value is -3.02. The molecule has 5 rings (SSSR count). The lowest BCUT2D eigenvalue weighted by atomic mass is 9.77. The van der Waals surface area contributed by atoms with Crippen molar-refractivity contribution in [3.8, 4) is 11.5 Å². The maximum absolute atomic E-state index is 13.8. The minimum absolute atomic E-state index is 0.0371. The molecule has 162 valence electrons. The molecule has 0 spiro atoms. The zero-order valence-electron chi connectivity index (χ0n) is 17.7. The van der Waals surface area contributed by atoms with E-state index in [9.17, 15) is 9.59 Å². The van der Waals surface area contributed by atoms with Crippen LogP contribution in [0.1, 0.15) is 41.6 Å². The van der Waals surface area contributed by atoms with Crippen molar-refractivity contribution in [2.45, 2.75) is 31.1 Å². The summed E-state index contributed by atoms with van der Waals surface area (Å²) in [5, 5.41) is 0. The van der Waals surface area contributed by atoms with Crippen LogP contribution in [0.15, 0.2) is 48.5 Å². The van der Waals surface area contributed by atoms with Gasteiger partial charge in [0.25, 0.3) is 5.91 Å². The first-order valence-corrected chi connectivity index (χ1v) is 11.2. The van der Waals surface area contributed by atoms with Gasteiger partial charge in [0, 0.05) is 31.7 Å². The number of rotatable bonds is 3. The highest BCUT2D eigenvalue weighted by Crippen LogP contribution is 2.45. The molecule has 1 aliphatic carbocycles. The van der Waals surface area contributed by atoms with Gasteiger partial charge in [-0.3, -0.25) is 9.59 Å². The number of benzene rings is 2. The van der Waals surface area contributed by atoms with Gasteiger partial charge in [-0.2, -0.15) is 0 Å². The number of fused-ring (bicyclic) bond motifs is 1. The highest BCUT2D eigenvalue weighted by molar-refractivity contribution is 5.94. The summed E-state index contributed by atoms with van der Waals surface area (Å²) in [6, 6.07) is 15.3. The topological polar surface area (TPSA) is 59.1 Å². The predicted molar refractivity (Wildman–Crippen MR) is 117 cm³/mol. The number of piperazine rings is 1. The van der Waals surface area contributed by atoms with Gasteiger partial charge >= 0.3 is 0 Å². The van der Waals surface area contributed by atoms with E-state index in [1.165, 1.54) is 0 Å². The molecule has 2 aromatic rings. The van der Waals surface area contributed by atoms with Gasteiger partial charge in [0.2, 0.25) is 5.91 Å². The van der Waals surface area contributed by atoms with Crippen LogP contribution < -0.4 is 9.47 Å². The van der Waals surface area contributed by atoms with Crippen molar-refractivity contribution in [3.05, 3.63) is 59.7 Å². The Morgan fingerprint density at radius 3 is 2.13 bits per heavy atom. The van der Waals surface area contributed by atoms with Crippen LogP contribution in [0.3, 0.4) is 0 Å². The van der Waals surface area contributed by atoms with E-state index in [0.717, 1.165) is 42.7 Å². The van der Waals surface area contributed by atoms with Gasteiger partial charge in [-0.05, 0) is 42.7 Å². The molecule has 0 radical (unpaired) electrons. The Morgan fingerprint density at radius 2 is 1.42 bits per heavy atom. The second kappa shape index (κ2) is 8.25. The van der Waals surface area contributed by atoms with E-state index in [0.29, 0.717) is 45.0 Å². The average molecular weight is 421 g/mol. The molecule has 2 fully saturated rings. The summed E-state index contributed by atoms with van der Waals surface area (Å²) in [7, 11) is 0. The molecule has 0 bridgehead atoms. The molecule has 2 heterocycles. The summed E-state index contributed by atoms with van der Waals surface area (Å²) >= 11 is 0. The van der Waals surface area contributed by atoms with Gasteiger partial charge in [0.15, 0.2) is 11.5 Å². The van der Waals surface area contributed by atoms with Crippen molar-refractivity contribution in [2.75, 3.05) is 39.4 Å². The SMILES string of the molecule is O=C(c1ccccc1)N1CCN(C(=O)C2(c3ccc4c(c3)OCCO4)CCCC2)CC1. The number of ether oxygens (including phenoxy) is 2.